The number of aliphatic hydroxyl groups excluding tert-OH is 1. The molecule has 150 valence electrons. The molecule has 6 amide bonds. The Balaban J connectivity index is 1.58. The van der Waals surface area contributed by atoms with Gasteiger partial charge in [-0.3, -0.25) is 39.4 Å². The van der Waals surface area contributed by atoms with E-state index in [2.05, 4.69) is 21.3 Å². The minimum atomic E-state index is -1.03. The zero-order valence-corrected chi connectivity index (χ0v) is 14.9. The molecule has 0 radical (unpaired) electrons. The molecule has 0 spiro atoms. The summed E-state index contributed by atoms with van der Waals surface area (Å²) in [5, 5.41) is 18.9. The third-order valence-electron chi connectivity index (χ3n) is 3.98. The Hall–Kier alpha value is -3.34. The highest BCUT2D eigenvalue weighted by Crippen LogP contribution is 2.10. The highest BCUT2D eigenvalue weighted by Gasteiger charge is 2.22. The average molecular weight is 392 g/mol. The lowest BCUT2D eigenvalue weighted by Crippen LogP contribution is -2.40. The van der Waals surface area contributed by atoms with Crippen LogP contribution >= 0.6 is 0 Å². The van der Waals surface area contributed by atoms with Crippen LogP contribution in [0.2, 0.25) is 0 Å². The van der Waals surface area contributed by atoms with E-state index in [1.54, 1.807) is 0 Å². The molecule has 0 aliphatic carbocycles. The van der Waals surface area contributed by atoms with Crippen molar-refractivity contribution in [1.29, 1.82) is 0 Å². The van der Waals surface area contributed by atoms with Gasteiger partial charge in [0.1, 0.15) is 0 Å². The molecule has 0 aromatic carbocycles. The van der Waals surface area contributed by atoms with Gasteiger partial charge in [-0.2, -0.15) is 0 Å². The monoisotopic (exact) mass is 392 g/mol. The van der Waals surface area contributed by atoms with Crippen LogP contribution < -0.4 is 21.3 Å². The molecular weight excluding hydrogens is 372 g/mol. The van der Waals surface area contributed by atoms with Gasteiger partial charge in [0.15, 0.2) is 0 Å². The maximum Gasteiger partial charge on any atom is 0.254 e. The number of aliphatic hydroxyl groups is 1. The fourth-order valence-corrected chi connectivity index (χ4v) is 2.48. The van der Waals surface area contributed by atoms with E-state index in [0.717, 1.165) is 12.2 Å². The lowest BCUT2D eigenvalue weighted by Gasteiger charge is -2.13. The second kappa shape index (κ2) is 9.55. The summed E-state index contributed by atoms with van der Waals surface area (Å²) in [4.78, 5) is 68.1. The normalized spacial score (nSPS) is 15.9. The maximum absolute atomic E-state index is 11.7. The second-order valence-electron chi connectivity index (χ2n) is 6.24. The van der Waals surface area contributed by atoms with Crippen LogP contribution in [-0.2, 0) is 28.8 Å². The van der Waals surface area contributed by atoms with Crippen molar-refractivity contribution in [3.63, 3.8) is 0 Å². The lowest BCUT2D eigenvalue weighted by atomic mass is 10.1. The van der Waals surface area contributed by atoms with E-state index >= 15 is 0 Å². The SMILES string of the molecule is O=C1C=C(CCC(=O)NCC(O)CNC(=O)CCC2=CC(=O)NC2=O)C(=O)N1. The summed E-state index contributed by atoms with van der Waals surface area (Å²) >= 11 is 0. The molecule has 2 heterocycles. The number of imide groups is 2. The van der Waals surface area contributed by atoms with Gasteiger partial charge in [0, 0.05) is 49.2 Å². The molecule has 0 saturated heterocycles. The van der Waals surface area contributed by atoms with Crippen molar-refractivity contribution in [2.45, 2.75) is 31.8 Å². The van der Waals surface area contributed by atoms with Crippen molar-refractivity contribution in [1.82, 2.24) is 21.3 Å². The largest absolute Gasteiger partial charge is 0.389 e. The molecule has 0 aromatic heterocycles. The van der Waals surface area contributed by atoms with Crippen LogP contribution in [0.4, 0.5) is 0 Å². The smallest absolute Gasteiger partial charge is 0.254 e. The first-order valence-corrected chi connectivity index (χ1v) is 8.58. The molecule has 11 nitrogen and oxygen atoms in total. The van der Waals surface area contributed by atoms with Crippen molar-refractivity contribution >= 4 is 35.4 Å². The highest BCUT2D eigenvalue weighted by atomic mass is 16.3. The van der Waals surface area contributed by atoms with Gasteiger partial charge in [-0.05, 0) is 12.8 Å². The third kappa shape index (κ3) is 6.43. The molecule has 2 aliphatic rings. The van der Waals surface area contributed by atoms with Crippen LogP contribution in [0.25, 0.3) is 0 Å². The molecule has 0 fully saturated rings. The van der Waals surface area contributed by atoms with Crippen molar-refractivity contribution in [2.75, 3.05) is 13.1 Å². The predicted molar refractivity (Wildman–Crippen MR) is 93.0 cm³/mol. The van der Waals surface area contributed by atoms with Crippen molar-refractivity contribution in [2.24, 2.45) is 0 Å². The van der Waals surface area contributed by atoms with Gasteiger partial charge in [0.25, 0.3) is 23.6 Å². The Labute approximate surface area is 159 Å². The minimum Gasteiger partial charge on any atom is -0.389 e. The van der Waals surface area contributed by atoms with Crippen LogP contribution in [0.15, 0.2) is 23.3 Å². The van der Waals surface area contributed by atoms with Crippen LogP contribution in [0, 0.1) is 0 Å². The van der Waals surface area contributed by atoms with E-state index in [0.29, 0.717) is 0 Å². The summed E-state index contributed by atoms with van der Waals surface area (Å²) in [7, 11) is 0. The number of carbonyl (C=O) groups excluding carboxylic acids is 6. The molecule has 0 aromatic rings. The Kier molecular flexibility index (Phi) is 7.15. The fourth-order valence-electron chi connectivity index (χ4n) is 2.48. The van der Waals surface area contributed by atoms with E-state index in [1.807, 2.05) is 0 Å². The molecule has 0 saturated carbocycles. The first-order chi connectivity index (χ1) is 13.2. The van der Waals surface area contributed by atoms with Crippen molar-refractivity contribution in [3.8, 4) is 0 Å². The summed E-state index contributed by atoms with van der Waals surface area (Å²) in [6, 6.07) is 0. The van der Waals surface area contributed by atoms with Crippen molar-refractivity contribution < 1.29 is 33.9 Å². The predicted octanol–water partition coefficient (Wildman–Crippen LogP) is -2.69. The van der Waals surface area contributed by atoms with Crippen LogP contribution in [0.5, 0.6) is 0 Å². The fraction of sp³-hybridized carbons (Fsp3) is 0.412. The minimum absolute atomic E-state index is 0.0263. The number of carbonyl (C=O) groups is 6. The molecule has 0 unspecified atom stereocenters. The summed E-state index contributed by atoms with van der Waals surface area (Å²) < 4.78 is 0. The first-order valence-electron chi connectivity index (χ1n) is 8.58. The van der Waals surface area contributed by atoms with Crippen LogP contribution in [-0.4, -0.2) is 59.7 Å². The van der Waals surface area contributed by atoms with E-state index in [9.17, 15) is 33.9 Å². The van der Waals surface area contributed by atoms with E-state index in [-0.39, 0.29) is 49.9 Å². The summed E-state index contributed by atoms with van der Waals surface area (Å²) in [6.45, 7) is -0.212. The Morgan fingerprint density at radius 1 is 0.821 bits per heavy atom. The molecule has 0 bridgehead atoms. The summed E-state index contributed by atoms with van der Waals surface area (Å²) in [5.41, 5.74) is 0.446. The summed E-state index contributed by atoms with van der Waals surface area (Å²) in [5.74, 6) is -2.89. The number of nitrogens with one attached hydrogen (secondary N) is 4. The number of hydrogen-bond acceptors (Lipinski definition) is 7. The van der Waals surface area contributed by atoms with Crippen LogP contribution in [0.1, 0.15) is 25.7 Å². The molecule has 5 N–H and O–H groups in total. The van der Waals surface area contributed by atoms with Gasteiger partial charge in [-0.15, -0.1) is 0 Å². The highest BCUT2D eigenvalue weighted by molar-refractivity contribution is 6.16. The van der Waals surface area contributed by atoms with Gasteiger partial charge < -0.3 is 15.7 Å². The maximum atomic E-state index is 11.7. The van der Waals surface area contributed by atoms with Gasteiger partial charge >= 0.3 is 0 Å². The second-order valence-corrected chi connectivity index (χ2v) is 6.24. The van der Waals surface area contributed by atoms with Gasteiger partial charge in [-0.1, -0.05) is 0 Å². The number of amides is 6. The Bertz CT molecular complexity index is 720. The van der Waals surface area contributed by atoms with Gasteiger partial charge in [0.05, 0.1) is 6.10 Å². The van der Waals surface area contributed by atoms with Gasteiger partial charge in [-0.25, -0.2) is 0 Å². The van der Waals surface area contributed by atoms with E-state index in [1.165, 1.54) is 0 Å². The molecule has 28 heavy (non-hydrogen) atoms. The topological polar surface area (TPSA) is 171 Å². The van der Waals surface area contributed by atoms with Crippen molar-refractivity contribution in [3.05, 3.63) is 23.3 Å². The average Bonchev–Trinajstić information content (AvgIpc) is 3.13. The zero-order valence-electron chi connectivity index (χ0n) is 14.9. The van der Waals surface area contributed by atoms with E-state index in [4.69, 9.17) is 0 Å². The first kappa shape index (κ1) is 21.0. The molecule has 2 aliphatic heterocycles. The molecule has 0 atom stereocenters. The number of hydrogen-bond donors (Lipinski definition) is 5. The summed E-state index contributed by atoms with van der Waals surface area (Å²) in [6.07, 6.45) is 1.40. The molecular formula is C17H20N4O7. The van der Waals surface area contributed by atoms with Gasteiger partial charge in [0.2, 0.25) is 11.8 Å². The van der Waals surface area contributed by atoms with Crippen LogP contribution in [0.3, 0.4) is 0 Å². The van der Waals surface area contributed by atoms with E-state index < -0.39 is 41.5 Å². The zero-order chi connectivity index (χ0) is 20.7. The quantitative estimate of drug-likeness (QED) is 0.252. The Morgan fingerprint density at radius 3 is 1.54 bits per heavy atom. The number of rotatable bonds is 10. The standard InChI is InChI=1S/C17H20N4O7/c22-11(7-18-12(23)3-1-9-5-14(25)20-16(9)27)8-19-13(24)4-2-10-6-15(26)21-17(10)28/h5-6,11,22H,1-4,7-8H2,(H,18,23)(H,19,24)(H,20,25,27)(H,21,26,28). The Morgan fingerprint density at radius 2 is 1.21 bits per heavy atom. The molecule has 11 heteroatoms. The lowest BCUT2D eigenvalue weighted by molar-refractivity contribution is -0.125. The third-order valence-corrected chi connectivity index (χ3v) is 3.98. The molecule has 2 rings (SSSR count).